The second-order valence-electron chi connectivity index (χ2n) is 5.36. The summed E-state index contributed by atoms with van der Waals surface area (Å²) in [6.45, 7) is 6.13. The van der Waals surface area contributed by atoms with Gasteiger partial charge < -0.3 is 5.73 Å². The van der Waals surface area contributed by atoms with Crippen LogP contribution in [0.4, 0.5) is 0 Å². The molecule has 4 heteroatoms. The van der Waals surface area contributed by atoms with Crippen LogP contribution >= 0.6 is 15.9 Å². The minimum absolute atomic E-state index is 0.0389. The zero-order chi connectivity index (χ0) is 13.1. The van der Waals surface area contributed by atoms with Gasteiger partial charge in [0.25, 0.3) is 0 Å². The number of nitrogens with zero attached hydrogens (tertiary/aromatic N) is 1. The van der Waals surface area contributed by atoms with Gasteiger partial charge in [0.05, 0.1) is 0 Å². The van der Waals surface area contributed by atoms with E-state index in [1.54, 1.807) is 6.20 Å². The van der Waals surface area contributed by atoms with Crippen molar-refractivity contribution in [2.75, 3.05) is 0 Å². The molecule has 1 atom stereocenters. The quantitative estimate of drug-likeness (QED) is 0.930. The van der Waals surface area contributed by atoms with Crippen LogP contribution in [-0.2, 0) is 11.2 Å². The van der Waals surface area contributed by atoms with Crippen LogP contribution in [0.2, 0.25) is 0 Å². The molecule has 1 rings (SSSR count). The van der Waals surface area contributed by atoms with Gasteiger partial charge in [0.15, 0.2) is 0 Å². The minimum atomic E-state index is -0.106. The maximum absolute atomic E-state index is 11.8. The fourth-order valence-corrected chi connectivity index (χ4v) is 1.57. The van der Waals surface area contributed by atoms with E-state index >= 15 is 0 Å². The smallest absolute Gasteiger partial charge is 0.140 e. The predicted molar refractivity (Wildman–Crippen MR) is 72.7 cm³/mol. The van der Waals surface area contributed by atoms with E-state index < -0.39 is 0 Å². The molecule has 0 bridgehead atoms. The standard InChI is InChI=1S/C13H19BrN2O/c1-13(2,3)12(15)7-11(17)6-10-5-4-9(14)8-16-10/h4-5,8,12H,6-7,15H2,1-3H3. The maximum Gasteiger partial charge on any atom is 0.140 e. The molecule has 0 saturated carbocycles. The molecule has 0 aliphatic heterocycles. The van der Waals surface area contributed by atoms with Gasteiger partial charge in [0.2, 0.25) is 0 Å². The molecule has 1 aromatic rings. The summed E-state index contributed by atoms with van der Waals surface area (Å²) < 4.78 is 0.917. The van der Waals surface area contributed by atoms with Gasteiger partial charge in [-0.25, -0.2) is 0 Å². The molecule has 0 amide bonds. The second kappa shape index (κ2) is 5.74. The summed E-state index contributed by atoms with van der Waals surface area (Å²) >= 11 is 3.31. The molecule has 0 saturated heterocycles. The molecule has 2 N–H and O–H groups in total. The van der Waals surface area contributed by atoms with Crippen molar-refractivity contribution in [3.63, 3.8) is 0 Å². The fraction of sp³-hybridized carbons (Fsp3) is 0.538. The first-order chi connectivity index (χ1) is 7.79. The van der Waals surface area contributed by atoms with Crippen molar-refractivity contribution in [2.45, 2.75) is 39.7 Å². The number of ketones is 1. The van der Waals surface area contributed by atoms with Crippen molar-refractivity contribution >= 4 is 21.7 Å². The molecule has 0 spiro atoms. The lowest BCUT2D eigenvalue weighted by Gasteiger charge is -2.26. The molecule has 0 aliphatic rings. The third kappa shape index (κ3) is 4.96. The van der Waals surface area contributed by atoms with Gasteiger partial charge in [0.1, 0.15) is 5.78 Å². The van der Waals surface area contributed by atoms with Crippen LogP contribution in [-0.4, -0.2) is 16.8 Å². The summed E-state index contributed by atoms with van der Waals surface area (Å²) in [7, 11) is 0. The van der Waals surface area contributed by atoms with Gasteiger partial charge in [0, 0.05) is 35.2 Å². The van der Waals surface area contributed by atoms with Crippen LogP contribution in [0, 0.1) is 5.41 Å². The summed E-state index contributed by atoms with van der Waals surface area (Å²) in [5.74, 6) is 0.141. The molecule has 0 aliphatic carbocycles. The molecule has 3 nitrogen and oxygen atoms in total. The number of hydrogen-bond donors (Lipinski definition) is 1. The maximum atomic E-state index is 11.8. The van der Waals surface area contributed by atoms with Gasteiger partial charge in [-0.3, -0.25) is 9.78 Å². The van der Waals surface area contributed by atoms with Gasteiger partial charge >= 0.3 is 0 Å². The van der Waals surface area contributed by atoms with Gasteiger partial charge in [-0.05, 0) is 33.5 Å². The number of carbonyl (C=O) groups is 1. The molecule has 94 valence electrons. The zero-order valence-electron chi connectivity index (χ0n) is 10.5. The van der Waals surface area contributed by atoms with E-state index in [2.05, 4.69) is 20.9 Å². The third-order valence-electron chi connectivity index (χ3n) is 2.73. The van der Waals surface area contributed by atoms with E-state index in [9.17, 15) is 4.79 Å². The van der Waals surface area contributed by atoms with E-state index in [4.69, 9.17) is 5.73 Å². The monoisotopic (exact) mass is 298 g/mol. The Labute approximate surface area is 111 Å². The molecule has 1 unspecified atom stereocenters. The summed E-state index contributed by atoms with van der Waals surface area (Å²) in [5.41, 5.74) is 6.73. The van der Waals surface area contributed by atoms with E-state index in [1.165, 1.54) is 0 Å². The highest BCUT2D eigenvalue weighted by Gasteiger charge is 2.23. The second-order valence-corrected chi connectivity index (χ2v) is 6.28. The molecule has 0 fully saturated rings. The Balaban J connectivity index is 2.53. The van der Waals surface area contributed by atoms with Crippen molar-refractivity contribution in [3.05, 3.63) is 28.5 Å². The Kier molecular flexibility index (Phi) is 4.83. The topological polar surface area (TPSA) is 56.0 Å². The van der Waals surface area contributed by atoms with Crippen LogP contribution in [0.3, 0.4) is 0 Å². The van der Waals surface area contributed by atoms with Gasteiger partial charge in [-0.1, -0.05) is 20.8 Å². The lowest BCUT2D eigenvalue weighted by Crippen LogP contribution is -2.37. The summed E-state index contributed by atoms with van der Waals surface area (Å²) in [4.78, 5) is 16.0. The molecular weight excluding hydrogens is 280 g/mol. The largest absolute Gasteiger partial charge is 0.327 e. The first-order valence-corrected chi connectivity index (χ1v) is 6.46. The Bertz CT molecular complexity index is 381. The number of carbonyl (C=O) groups excluding carboxylic acids is 1. The molecule has 0 aromatic carbocycles. The number of hydrogen-bond acceptors (Lipinski definition) is 3. The third-order valence-corrected chi connectivity index (χ3v) is 3.20. The Morgan fingerprint density at radius 2 is 2.12 bits per heavy atom. The lowest BCUT2D eigenvalue weighted by molar-refractivity contribution is -0.119. The number of aromatic nitrogens is 1. The molecular formula is C13H19BrN2O. The molecule has 17 heavy (non-hydrogen) atoms. The van der Waals surface area contributed by atoms with E-state index in [0.717, 1.165) is 10.2 Å². The number of halogens is 1. The number of rotatable bonds is 4. The van der Waals surface area contributed by atoms with Crippen molar-refractivity contribution in [3.8, 4) is 0 Å². The highest BCUT2D eigenvalue weighted by Crippen LogP contribution is 2.20. The fourth-order valence-electron chi connectivity index (χ4n) is 1.34. The summed E-state index contributed by atoms with van der Waals surface area (Å²) in [6.07, 6.45) is 2.46. The normalized spacial score (nSPS) is 13.5. The van der Waals surface area contributed by atoms with E-state index in [0.29, 0.717) is 12.8 Å². The molecule has 1 heterocycles. The average Bonchev–Trinajstić information content (AvgIpc) is 2.20. The van der Waals surface area contributed by atoms with Crippen LogP contribution in [0.25, 0.3) is 0 Å². The first kappa shape index (κ1) is 14.3. The van der Waals surface area contributed by atoms with Crippen molar-refractivity contribution in [1.82, 2.24) is 4.98 Å². The van der Waals surface area contributed by atoms with Crippen LogP contribution in [0.5, 0.6) is 0 Å². The van der Waals surface area contributed by atoms with Crippen molar-refractivity contribution in [2.24, 2.45) is 11.1 Å². The minimum Gasteiger partial charge on any atom is -0.327 e. The zero-order valence-corrected chi connectivity index (χ0v) is 12.1. The number of pyridine rings is 1. The van der Waals surface area contributed by atoms with E-state index in [-0.39, 0.29) is 17.2 Å². The molecule has 1 aromatic heterocycles. The van der Waals surface area contributed by atoms with Crippen LogP contribution in [0.15, 0.2) is 22.8 Å². The number of Topliss-reactive ketones (excluding diaryl/α,β-unsaturated/α-hetero) is 1. The SMILES string of the molecule is CC(C)(C)C(N)CC(=O)Cc1ccc(Br)cn1. The Hall–Kier alpha value is -0.740. The number of nitrogens with two attached hydrogens (primary N) is 1. The van der Waals surface area contributed by atoms with Crippen molar-refractivity contribution < 1.29 is 4.79 Å². The van der Waals surface area contributed by atoms with Crippen LogP contribution < -0.4 is 5.73 Å². The highest BCUT2D eigenvalue weighted by molar-refractivity contribution is 9.10. The Morgan fingerprint density at radius 3 is 2.59 bits per heavy atom. The lowest BCUT2D eigenvalue weighted by atomic mass is 9.84. The first-order valence-electron chi connectivity index (χ1n) is 5.67. The predicted octanol–water partition coefficient (Wildman–Crippen LogP) is 2.72. The van der Waals surface area contributed by atoms with Gasteiger partial charge in [-0.15, -0.1) is 0 Å². The highest BCUT2D eigenvalue weighted by atomic mass is 79.9. The summed E-state index contributed by atoms with van der Waals surface area (Å²) in [6, 6.07) is 3.63. The Morgan fingerprint density at radius 1 is 1.47 bits per heavy atom. The van der Waals surface area contributed by atoms with Gasteiger partial charge in [-0.2, -0.15) is 0 Å². The van der Waals surface area contributed by atoms with E-state index in [1.807, 2.05) is 32.9 Å². The average molecular weight is 299 g/mol. The van der Waals surface area contributed by atoms with Crippen molar-refractivity contribution in [1.29, 1.82) is 0 Å². The van der Waals surface area contributed by atoms with Crippen LogP contribution in [0.1, 0.15) is 32.9 Å². The summed E-state index contributed by atoms with van der Waals surface area (Å²) in [5, 5.41) is 0. The molecule has 0 radical (unpaired) electrons.